The Bertz CT molecular complexity index is 599. The van der Waals surface area contributed by atoms with Gasteiger partial charge < -0.3 is 8.94 Å². The molecule has 3 heterocycles. The van der Waals surface area contributed by atoms with Gasteiger partial charge in [-0.3, -0.25) is 4.99 Å². The van der Waals surface area contributed by atoms with Gasteiger partial charge >= 0.3 is 0 Å². The van der Waals surface area contributed by atoms with Crippen LogP contribution in [0.15, 0.2) is 31.6 Å². The first-order valence-corrected chi connectivity index (χ1v) is 8.31. The van der Waals surface area contributed by atoms with Gasteiger partial charge in [0.2, 0.25) is 18.2 Å². The summed E-state index contributed by atoms with van der Waals surface area (Å²) in [4.78, 5) is 12.2. The highest BCUT2D eigenvalue weighted by molar-refractivity contribution is 5.97. The van der Waals surface area contributed by atoms with Crippen molar-refractivity contribution in [1.82, 2.24) is 20.3 Å². The van der Waals surface area contributed by atoms with Crippen molar-refractivity contribution in [2.75, 3.05) is 6.54 Å². The molecule has 0 amide bonds. The third-order valence-corrected chi connectivity index (χ3v) is 2.95. The number of hydrogen-bond donors (Lipinski definition) is 0. The molecule has 1 aliphatic heterocycles. The van der Waals surface area contributed by atoms with Gasteiger partial charge in [-0.25, -0.2) is 4.99 Å². The number of amidine groups is 1. The van der Waals surface area contributed by atoms with Crippen LogP contribution in [0, 0.1) is 5.41 Å². The zero-order chi connectivity index (χ0) is 18.9. The van der Waals surface area contributed by atoms with Gasteiger partial charge in [0.05, 0.1) is 6.54 Å². The molecule has 0 bridgehead atoms. The van der Waals surface area contributed by atoms with E-state index in [1.165, 1.54) is 12.7 Å². The molecule has 0 atom stereocenters. The average molecular weight is 348 g/mol. The van der Waals surface area contributed by atoms with Crippen molar-refractivity contribution < 1.29 is 8.94 Å². The van der Waals surface area contributed by atoms with Gasteiger partial charge in [-0.15, -0.1) is 10.2 Å². The maximum absolute atomic E-state index is 4.87. The van der Waals surface area contributed by atoms with E-state index in [-0.39, 0.29) is 5.41 Å². The Kier molecular flexibility index (Phi) is 8.10. The maximum atomic E-state index is 4.87. The minimum Gasteiger partial charge on any atom is -0.428 e. The molecule has 2 aromatic heterocycles. The van der Waals surface area contributed by atoms with E-state index in [4.69, 9.17) is 8.94 Å². The van der Waals surface area contributed by atoms with Crippen molar-refractivity contribution in [2.45, 2.75) is 60.3 Å². The normalized spacial score (nSPS) is 13.2. The fourth-order valence-corrected chi connectivity index (χ4v) is 1.60. The summed E-state index contributed by atoms with van der Waals surface area (Å²) in [6.07, 6.45) is 4.60. The summed E-state index contributed by atoms with van der Waals surface area (Å²) in [7, 11) is 0. The third kappa shape index (κ3) is 7.82. The topological polar surface area (TPSA) is 103 Å². The number of aromatic nitrogens is 4. The number of rotatable bonds is 2. The summed E-state index contributed by atoms with van der Waals surface area (Å²) in [6, 6.07) is 0. The van der Waals surface area contributed by atoms with E-state index in [0.717, 1.165) is 12.4 Å². The van der Waals surface area contributed by atoms with Gasteiger partial charge in [-0.05, 0) is 0 Å². The standard InChI is InChI=1S/C7H12N2.2C5H8N2O/c1-7(2,3)6-8-4-5-9-6;1-4(2)5-7-6-3-8-5;1-4(2)5-6-3-7-8-5/h4H,5H2,1-3H3;2*3-4H,1-2H3. The molecule has 8 nitrogen and oxygen atoms in total. The second kappa shape index (κ2) is 9.80. The summed E-state index contributed by atoms with van der Waals surface area (Å²) >= 11 is 0. The second-order valence-corrected chi connectivity index (χ2v) is 7.09. The highest BCUT2D eigenvalue weighted by Gasteiger charge is 2.18. The van der Waals surface area contributed by atoms with E-state index >= 15 is 0 Å². The minimum atomic E-state index is 0.132. The first-order valence-electron chi connectivity index (χ1n) is 8.31. The van der Waals surface area contributed by atoms with E-state index in [9.17, 15) is 0 Å². The number of aliphatic imine (C=N–C) groups is 2. The van der Waals surface area contributed by atoms with Crippen LogP contribution in [0.1, 0.15) is 72.1 Å². The molecule has 3 rings (SSSR count). The third-order valence-electron chi connectivity index (χ3n) is 2.95. The lowest BCUT2D eigenvalue weighted by Gasteiger charge is -2.14. The SMILES string of the molecule is CC(C)(C)C1=NCC=N1.CC(C)c1ncno1.CC(C)c1nnco1. The Labute approximate surface area is 148 Å². The molecule has 0 aromatic carbocycles. The quantitative estimate of drug-likeness (QED) is 0.815. The van der Waals surface area contributed by atoms with Crippen molar-refractivity contribution in [2.24, 2.45) is 15.4 Å². The monoisotopic (exact) mass is 348 g/mol. The summed E-state index contributed by atoms with van der Waals surface area (Å²) < 4.78 is 9.61. The molecule has 0 spiro atoms. The summed E-state index contributed by atoms with van der Waals surface area (Å²) in [6.45, 7) is 15.2. The van der Waals surface area contributed by atoms with Crippen molar-refractivity contribution in [3.63, 3.8) is 0 Å². The van der Waals surface area contributed by atoms with E-state index in [2.05, 4.69) is 51.1 Å². The average Bonchev–Trinajstić information content (AvgIpc) is 3.28. The number of nitrogens with zero attached hydrogens (tertiary/aromatic N) is 6. The lowest BCUT2D eigenvalue weighted by Crippen LogP contribution is -2.16. The smallest absolute Gasteiger partial charge is 0.228 e. The largest absolute Gasteiger partial charge is 0.428 e. The fourth-order valence-electron chi connectivity index (χ4n) is 1.60. The number of hydrogen-bond acceptors (Lipinski definition) is 8. The highest BCUT2D eigenvalue weighted by Crippen LogP contribution is 2.18. The molecule has 0 saturated carbocycles. The lowest BCUT2D eigenvalue weighted by molar-refractivity contribution is 0.364. The summed E-state index contributed by atoms with van der Waals surface area (Å²) in [5.74, 6) is 3.06. The molecule has 0 N–H and O–H groups in total. The molecule has 0 saturated heterocycles. The van der Waals surface area contributed by atoms with Crippen LogP contribution in [0.4, 0.5) is 0 Å². The minimum absolute atomic E-state index is 0.132. The zero-order valence-electron chi connectivity index (χ0n) is 16.1. The molecule has 138 valence electrons. The van der Waals surface area contributed by atoms with Gasteiger partial charge in [-0.1, -0.05) is 53.6 Å². The van der Waals surface area contributed by atoms with Crippen LogP contribution in [0.3, 0.4) is 0 Å². The Morgan fingerprint density at radius 3 is 1.96 bits per heavy atom. The molecule has 0 fully saturated rings. The molecule has 0 aliphatic carbocycles. The van der Waals surface area contributed by atoms with Crippen molar-refractivity contribution in [3.8, 4) is 0 Å². The van der Waals surface area contributed by atoms with E-state index in [0.29, 0.717) is 23.6 Å². The predicted molar refractivity (Wildman–Crippen MR) is 97.0 cm³/mol. The van der Waals surface area contributed by atoms with Crippen LogP contribution in [0.5, 0.6) is 0 Å². The zero-order valence-corrected chi connectivity index (χ0v) is 16.1. The van der Waals surface area contributed by atoms with E-state index in [1.807, 2.05) is 33.9 Å². The van der Waals surface area contributed by atoms with Crippen molar-refractivity contribution in [3.05, 3.63) is 24.5 Å². The highest BCUT2D eigenvalue weighted by atomic mass is 16.5. The van der Waals surface area contributed by atoms with Crippen molar-refractivity contribution in [1.29, 1.82) is 0 Å². The molecule has 8 heteroatoms. The molecule has 1 aliphatic rings. The molecule has 25 heavy (non-hydrogen) atoms. The van der Waals surface area contributed by atoms with E-state index in [1.54, 1.807) is 0 Å². The molecule has 2 aromatic rings. The van der Waals surface area contributed by atoms with Gasteiger partial charge in [0, 0.05) is 23.5 Å². The fraction of sp³-hybridized carbons (Fsp3) is 0.647. The van der Waals surface area contributed by atoms with Gasteiger partial charge in [-0.2, -0.15) is 4.98 Å². The molecule has 0 radical (unpaired) electrons. The van der Waals surface area contributed by atoms with Gasteiger partial charge in [0.15, 0.2) is 6.33 Å². The Hall–Kier alpha value is -2.38. The van der Waals surface area contributed by atoms with Crippen LogP contribution in [0.25, 0.3) is 0 Å². The Morgan fingerprint density at radius 2 is 1.72 bits per heavy atom. The molecular weight excluding hydrogens is 320 g/mol. The first kappa shape index (κ1) is 20.7. The maximum Gasteiger partial charge on any atom is 0.228 e. The van der Waals surface area contributed by atoms with Crippen molar-refractivity contribution >= 4 is 12.1 Å². The van der Waals surface area contributed by atoms with Crippen LogP contribution in [0.2, 0.25) is 0 Å². The molecule has 0 unspecified atom stereocenters. The molecular formula is C17H28N6O2. The van der Waals surface area contributed by atoms with Crippen LogP contribution in [-0.2, 0) is 0 Å². The predicted octanol–water partition coefficient (Wildman–Crippen LogP) is 3.90. The van der Waals surface area contributed by atoms with Crippen LogP contribution in [-0.4, -0.2) is 38.9 Å². The van der Waals surface area contributed by atoms with Crippen LogP contribution >= 0.6 is 0 Å². The second-order valence-electron chi connectivity index (χ2n) is 7.09. The van der Waals surface area contributed by atoms with Crippen LogP contribution < -0.4 is 0 Å². The first-order chi connectivity index (χ1) is 11.7. The lowest BCUT2D eigenvalue weighted by atomic mass is 9.95. The summed E-state index contributed by atoms with van der Waals surface area (Å²) in [5, 5.41) is 10.7. The van der Waals surface area contributed by atoms with Gasteiger partial charge in [0.1, 0.15) is 5.84 Å². The van der Waals surface area contributed by atoms with Gasteiger partial charge in [0.25, 0.3) is 0 Å². The van der Waals surface area contributed by atoms with E-state index < -0.39 is 0 Å². The Morgan fingerprint density at radius 1 is 1.04 bits per heavy atom. The Balaban J connectivity index is 0.000000188. The summed E-state index contributed by atoms with van der Waals surface area (Å²) in [5.41, 5.74) is 0.132.